The molecule has 1 N–H and O–H groups in total. The Morgan fingerprint density at radius 2 is 1.55 bits per heavy atom. The Morgan fingerprint density at radius 1 is 0.968 bits per heavy atom. The van der Waals surface area contributed by atoms with Gasteiger partial charge in [-0.05, 0) is 18.1 Å². The second kappa shape index (κ2) is 8.14. The number of hydrogen-bond acceptors (Lipinski definition) is 4. The van der Waals surface area contributed by atoms with Crippen LogP contribution in [0, 0.1) is 6.92 Å². The molecule has 0 atom stereocenters. The molecule has 6 nitrogen and oxygen atoms in total. The van der Waals surface area contributed by atoms with E-state index >= 15 is 0 Å². The molecule has 0 fully saturated rings. The molecule has 1 aliphatic rings. The lowest BCUT2D eigenvalue weighted by Crippen LogP contribution is -2.32. The number of rotatable bonds is 5. The molecular weight excluding hydrogens is 390 g/mol. The molecule has 0 bridgehead atoms. The maximum absolute atomic E-state index is 13.1. The SMILES string of the molecule is Cc1nc2cc3c(cc2n1CC(=O)NC(c1ccccc1)c1ccccc1)OCCO3. The van der Waals surface area contributed by atoms with Crippen molar-refractivity contribution in [2.24, 2.45) is 0 Å². The second-order valence-electron chi connectivity index (χ2n) is 7.55. The number of benzene rings is 3. The predicted molar refractivity (Wildman–Crippen MR) is 118 cm³/mol. The van der Waals surface area contributed by atoms with Gasteiger partial charge < -0.3 is 19.4 Å². The Morgan fingerprint density at radius 3 is 2.16 bits per heavy atom. The van der Waals surface area contributed by atoms with Gasteiger partial charge >= 0.3 is 0 Å². The van der Waals surface area contributed by atoms with Gasteiger partial charge in [0.05, 0.1) is 17.1 Å². The van der Waals surface area contributed by atoms with Crippen molar-refractivity contribution in [2.75, 3.05) is 13.2 Å². The van der Waals surface area contributed by atoms with Crippen molar-refractivity contribution in [1.82, 2.24) is 14.9 Å². The number of amides is 1. The summed E-state index contributed by atoms with van der Waals surface area (Å²) in [7, 11) is 0. The maximum Gasteiger partial charge on any atom is 0.240 e. The third kappa shape index (κ3) is 3.84. The number of carbonyl (C=O) groups excluding carboxylic acids is 1. The van der Waals surface area contributed by atoms with Crippen molar-refractivity contribution in [3.8, 4) is 11.5 Å². The highest BCUT2D eigenvalue weighted by Crippen LogP contribution is 2.34. The molecule has 1 amide bonds. The molecule has 156 valence electrons. The van der Waals surface area contributed by atoms with Crippen molar-refractivity contribution in [1.29, 1.82) is 0 Å². The minimum Gasteiger partial charge on any atom is -0.486 e. The number of fused-ring (bicyclic) bond motifs is 2. The van der Waals surface area contributed by atoms with E-state index in [1.165, 1.54) is 0 Å². The topological polar surface area (TPSA) is 65.4 Å². The fourth-order valence-electron chi connectivity index (χ4n) is 3.98. The Labute approximate surface area is 180 Å². The fourth-order valence-corrected chi connectivity index (χ4v) is 3.98. The van der Waals surface area contributed by atoms with E-state index in [9.17, 15) is 4.79 Å². The van der Waals surface area contributed by atoms with Crippen molar-refractivity contribution in [3.63, 3.8) is 0 Å². The molecule has 2 heterocycles. The molecule has 4 aromatic rings. The molecule has 1 aliphatic heterocycles. The number of nitrogens with zero attached hydrogens (tertiary/aromatic N) is 2. The Bertz CT molecular complexity index is 1180. The van der Waals surface area contributed by atoms with Gasteiger partial charge in [0.2, 0.25) is 5.91 Å². The first-order chi connectivity index (χ1) is 15.2. The highest BCUT2D eigenvalue weighted by molar-refractivity contribution is 5.84. The molecule has 0 unspecified atom stereocenters. The number of aryl methyl sites for hydroxylation is 1. The summed E-state index contributed by atoms with van der Waals surface area (Å²) < 4.78 is 13.3. The van der Waals surface area contributed by atoms with Gasteiger partial charge in [-0.2, -0.15) is 0 Å². The molecule has 0 saturated heterocycles. The number of carbonyl (C=O) groups is 1. The first kappa shape index (κ1) is 19.2. The van der Waals surface area contributed by atoms with E-state index in [2.05, 4.69) is 10.3 Å². The highest BCUT2D eigenvalue weighted by Gasteiger charge is 2.20. The normalized spacial score (nSPS) is 12.8. The Balaban J connectivity index is 1.44. The van der Waals surface area contributed by atoms with E-state index in [4.69, 9.17) is 9.47 Å². The second-order valence-corrected chi connectivity index (χ2v) is 7.55. The van der Waals surface area contributed by atoms with E-state index in [0.717, 1.165) is 28.0 Å². The molecule has 0 aliphatic carbocycles. The zero-order chi connectivity index (χ0) is 21.2. The smallest absolute Gasteiger partial charge is 0.240 e. The minimum atomic E-state index is -0.227. The largest absolute Gasteiger partial charge is 0.486 e. The van der Waals surface area contributed by atoms with Crippen LogP contribution in [0.2, 0.25) is 0 Å². The van der Waals surface area contributed by atoms with Crippen molar-refractivity contribution < 1.29 is 14.3 Å². The van der Waals surface area contributed by atoms with Gasteiger partial charge in [0, 0.05) is 12.1 Å². The van der Waals surface area contributed by atoms with E-state index in [1.807, 2.05) is 84.3 Å². The summed E-state index contributed by atoms with van der Waals surface area (Å²) in [5.74, 6) is 2.06. The van der Waals surface area contributed by atoms with Crippen LogP contribution in [0.25, 0.3) is 11.0 Å². The van der Waals surface area contributed by atoms with Gasteiger partial charge in [-0.1, -0.05) is 60.7 Å². The Kier molecular flexibility index (Phi) is 5.04. The van der Waals surface area contributed by atoms with Crippen LogP contribution in [0.3, 0.4) is 0 Å². The average Bonchev–Trinajstić information content (AvgIpc) is 3.11. The van der Waals surface area contributed by atoms with E-state index in [-0.39, 0.29) is 18.5 Å². The summed E-state index contributed by atoms with van der Waals surface area (Å²) in [6.07, 6.45) is 0. The van der Waals surface area contributed by atoms with Crippen LogP contribution in [0.4, 0.5) is 0 Å². The van der Waals surface area contributed by atoms with E-state index in [1.54, 1.807) is 0 Å². The van der Waals surface area contributed by atoms with Crippen LogP contribution >= 0.6 is 0 Å². The quantitative estimate of drug-likeness (QED) is 0.537. The Hall–Kier alpha value is -3.80. The van der Waals surface area contributed by atoms with Crippen molar-refractivity contribution >= 4 is 16.9 Å². The van der Waals surface area contributed by atoms with Gasteiger partial charge in [-0.3, -0.25) is 4.79 Å². The van der Waals surface area contributed by atoms with E-state index in [0.29, 0.717) is 24.7 Å². The van der Waals surface area contributed by atoms with Crippen LogP contribution in [0.5, 0.6) is 11.5 Å². The van der Waals surface area contributed by atoms with Gasteiger partial charge in [-0.15, -0.1) is 0 Å². The van der Waals surface area contributed by atoms with Gasteiger partial charge in [0.15, 0.2) is 11.5 Å². The third-order valence-corrected chi connectivity index (χ3v) is 5.48. The fraction of sp³-hybridized carbons (Fsp3) is 0.200. The van der Waals surface area contributed by atoms with Gasteiger partial charge in [-0.25, -0.2) is 4.98 Å². The van der Waals surface area contributed by atoms with E-state index < -0.39 is 0 Å². The zero-order valence-corrected chi connectivity index (χ0v) is 17.2. The van der Waals surface area contributed by atoms with Crippen LogP contribution in [0.1, 0.15) is 23.0 Å². The van der Waals surface area contributed by atoms with Gasteiger partial charge in [0.25, 0.3) is 0 Å². The summed E-state index contributed by atoms with van der Waals surface area (Å²) in [5.41, 5.74) is 3.72. The maximum atomic E-state index is 13.1. The lowest BCUT2D eigenvalue weighted by Gasteiger charge is -2.21. The molecule has 0 radical (unpaired) electrons. The average molecular weight is 413 g/mol. The van der Waals surface area contributed by atoms with Crippen molar-refractivity contribution in [2.45, 2.75) is 19.5 Å². The van der Waals surface area contributed by atoms with Gasteiger partial charge in [0.1, 0.15) is 25.6 Å². The first-order valence-corrected chi connectivity index (χ1v) is 10.3. The molecule has 0 saturated carbocycles. The van der Waals surface area contributed by atoms with Crippen LogP contribution < -0.4 is 14.8 Å². The molecule has 31 heavy (non-hydrogen) atoms. The number of hydrogen-bond donors (Lipinski definition) is 1. The summed E-state index contributed by atoms with van der Waals surface area (Å²) in [6.45, 7) is 3.11. The molecule has 1 aromatic heterocycles. The predicted octanol–water partition coefficient (Wildman–Crippen LogP) is 4.02. The summed E-state index contributed by atoms with van der Waals surface area (Å²) in [6, 6.07) is 23.5. The molecule has 3 aromatic carbocycles. The minimum absolute atomic E-state index is 0.0880. The number of ether oxygens (including phenoxy) is 2. The summed E-state index contributed by atoms with van der Waals surface area (Å²) in [5, 5.41) is 3.20. The van der Waals surface area contributed by atoms with Crippen molar-refractivity contribution in [3.05, 3.63) is 89.7 Å². The van der Waals surface area contributed by atoms with Crippen LogP contribution in [-0.4, -0.2) is 28.7 Å². The molecular formula is C25H23N3O3. The number of aromatic nitrogens is 2. The standard InChI is InChI=1S/C25H23N3O3/c1-17-26-20-14-22-23(31-13-12-30-22)15-21(20)28(17)16-24(29)27-25(18-8-4-2-5-9-18)19-10-6-3-7-11-19/h2-11,14-15,25H,12-13,16H2,1H3,(H,27,29). The summed E-state index contributed by atoms with van der Waals surface area (Å²) in [4.78, 5) is 17.8. The molecule has 5 rings (SSSR count). The molecule has 6 heteroatoms. The number of imidazole rings is 1. The third-order valence-electron chi connectivity index (χ3n) is 5.48. The first-order valence-electron chi connectivity index (χ1n) is 10.3. The van der Waals surface area contributed by atoms with Crippen LogP contribution in [0.15, 0.2) is 72.8 Å². The lowest BCUT2D eigenvalue weighted by atomic mass is 9.99. The zero-order valence-electron chi connectivity index (χ0n) is 17.2. The summed E-state index contributed by atoms with van der Waals surface area (Å²) >= 11 is 0. The molecule has 0 spiro atoms. The number of nitrogens with one attached hydrogen (secondary N) is 1. The highest BCUT2D eigenvalue weighted by atomic mass is 16.6. The monoisotopic (exact) mass is 413 g/mol. The van der Waals surface area contributed by atoms with Crippen LogP contribution in [-0.2, 0) is 11.3 Å². The lowest BCUT2D eigenvalue weighted by molar-refractivity contribution is -0.122.